The predicted molar refractivity (Wildman–Crippen MR) is 94.1 cm³/mol. The second kappa shape index (κ2) is 6.74. The maximum absolute atomic E-state index is 12.6. The number of benzene rings is 1. The molecule has 0 saturated carbocycles. The lowest BCUT2D eigenvalue weighted by Crippen LogP contribution is -2.48. The molecule has 1 aromatic carbocycles. The summed E-state index contributed by atoms with van der Waals surface area (Å²) in [6.45, 7) is 8.71. The lowest BCUT2D eigenvalue weighted by atomic mass is 9.97. The smallest absolute Gasteiger partial charge is 0.318 e. The molecule has 7 nitrogen and oxygen atoms in total. The van der Waals surface area contributed by atoms with Crippen LogP contribution >= 0.6 is 0 Å². The molecule has 25 heavy (non-hydrogen) atoms. The second-order valence-corrected chi connectivity index (χ2v) is 7.15. The first-order valence-corrected chi connectivity index (χ1v) is 8.41. The van der Waals surface area contributed by atoms with Gasteiger partial charge in [0.25, 0.3) is 5.91 Å². The number of anilines is 1. The fourth-order valence-electron chi connectivity index (χ4n) is 2.66. The van der Waals surface area contributed by atoms with Crippen molar-refractivity contribution in [3.63, 3.8) is 0 Å². The van der Waals surface area contributed by atoms with Gasteiger partial charge >= 0.3 is 6.01 Å². The fourth-order valence-corrected chi connectivity index (χ4v) is 2.66. The summed E-state index contributed by atoms with van der Waals surface area (Å²) in [5.41, 5.74) is 0.499. The Morgan fingerprint density at radius 2 is 1.72 bits per heavy atom. The summed E-state index contributed by atoms with van der Waals surface area (Å²) in [6.07, 6.45) is 0. The lowest BCUT2D eigenvalue weighted by molar-refractivity contribution is 0.0745. The summed E-state index contributed by atoms with van der Waals surface area (Å²) in [5.74, 6) is 1.40. The monoisotopic (exact) mass is 344 g/mol. The van der Waals surface area contributed by atoms with Crippen molar-refractivity contribution < 1.29 is 13.9 Å². The van der Waals surface area contributed by atoms with Gasteiger partial charge in [-0.05, 0) is 24.3 Å². The molecule has 0 radical (unpaired) electrons. The summed E-state index contributed by atoms with van der Waals surface area (Å²) >= 11 is 0. The van der Waals surface area contributed by atoms with Crippen molar-refractivity contribution in [1.29, 1.82) is 0 Å². The third-order valence-corrected chi connectivity index (χ3v) is 4.23. The van der Waals surface area contributed by atoms with Crippen LogP contribution in [-0.4, -0.2) is 54.3 Å². The van der Waals surface area contributed by atoms with Crippen LogP contribution in [0, 0.1) is 0 Å². The van der Waals surface area contributed by atoms with Gasteiger partial charge in [0.1, 0.15) is 5.75 Å². The predicted octanol–water partition coefficient (Wildman–Crippen LogP) is 2.34. The Morgan fingerprint density at radius 3 is 2.24 bits per heavy atom. The highest BCUT2D eigenvalue weighted by molar-refractivity contribution is 5.94. The van der Waals surface area contributed by atoms with E-state index >= 15 is 0 Å². The number of amides is 1. The average Bonchev–Trinajstić information content (AvgIpc) is 3.12. The van der Waals surface area contributed by atoms with Crippen LogP contribution in [0.4, 0.5) is 6.01 Å². The van der Waals surface area contributed by atoms with E-state index in [-0.39, 0.29) is 11.3 Å². The molecule has 1 saturated heterocycles. The van der Waals surface area contributed by atoms with E-state index in [1.54, 1.807) is 31.4 Å². The van der Waals surface area contributed by atoms with Crippen LogP contribution in [0.15, 0.2) is 28.7 Å². The quantitative estimate of drug-likeness (QED) is 0.851. The first-order valence-electron chi connectivity index (χ1n) is 8.41. The summed E-state index contributed by atoms with van der Waals surface area (Å²) in [4.78, 5) is 16.5. The van der Waals surface area contributed by atoms with Crippen molar-refractivity contribution in [2.75, 3.05) is 38.2 Å². The normalized spacial score (nSPS) is 15.4. The molecule has 1 aliphatic rings. The standard InChI is InChI=1S/C18H24N4O3/c1-18(2,3)16-19-20-17(25-16)22-11-9-21(10-12-22)15(23)13-5-7-14(24-4)8-6-13/h5-8H,9-12H2,1-4H3. The van der Waals surface area contributed by atoms with Gasteiger partial charge in [-0.1, -0.05) is 25.9 Å². The third-order valence-electron chi connectivity index (χ3n) is 4.23. The molecule has 2 heterocycles. The molecular weight excluding hydrogens is 320 g/mol. The highest BCUT2D eigenvalue weighted by atomic mass is 16.5. The lowest BCUT2D eigenvalue weighted by Gasteiger charge is -2.33. The maximum Gasteiger partial charge on any atom is 0.318 e. The number of ether oxygens (including phenoxy) is 1. The highest BCUT2D eigenvalue weighted by Crippen LogP contribution is 2.24. The minimum atomic E-state index is -0.169. The Labute approximate surface area is 147 Å². The molecule has 7 heteroatoms. The Kier molecular flexibility index (Phi) is 4.65. The van der Waals surface area contributed by atoms with Crippen LogP contribution in [-0.2, 0) is 5.41 Å². The van der Waals surface area contributed by atoms with Gasteiger partial charge in [-0.15, -0.1) is 5.10 Å². The number of hydrogen-bond donors (Lipinski definition) is 0. The molecular formula is C18H24N4O3. The van der Waals surface area contributed by atoms with Crippen LogP contribution in [0.3, 0.4) is 0 Å². The Balaban J connectivity index is 1.61. The molecule has 1 aliphatic heterocycles. The molecule has 1 aromatic heterocycles. The van der Waals surface area contributed by atoms with Crippen LogP contribution < -0.4 is 9.64 Å². The first-order chi connectivity index (χ1) is 11.9. The number of nitrogens with zero attached hydrogens (tertiary/aromatic N) is 4. The second-order valence-electron chi connectivity index (χ2n) is 7.15. The molecule has 0 atom stereocenters. The van der Waals surface area contributed by atoms with E-state index in [0.717, 1.165) is 5.75 Å². The zero-order chi connectivity index (χ0) is 18.0. The molecule has 1 amide bonds. The van der Waals surface area contributed by atoms with Gasteiger partial charge in [-0.3, -0.25) is 4.79 Å². The first kappa shape index (κ1) is 17.3. The van der Waals surface area contributed by atoms with Crippen molar-refractivity contribution in [3.8, 4) is 5.75 Å². The minimum Gasteiger partial charge on any atom is -0.497 e. The Morgan fingerprint density at radius 1 is 1.08 bits per heavy atom. The number of piperazine rings is 1. The summed E-state index contributed by atoms with van der Waals surface area (Å²) < 4.78 is 10.9. The molecule has 3 rings (SSSR count). The fraction of sp³-hybridized carbons (Fsp3) is 0.500. The van der Waals surface area contributed by atoms with E-state index in [1.165, 1.54) is 0 Å². The number of carbonyl (C=O) groups excluding carboxylic acids is 1. The molecule has 0 N–H and O–H groups in total. The van der Waals surface area contributed by atoms with Crippen molar-refractivity contribution in [2.45, 2.75) is 26.2 Å². The average molecular weight is 344 g/mol. The van der Waals surface area contributed by atoms with Crippen molar-refractivity contribution in [1.82, 2.24) is 15.1 Å². The van der Waals surface area contributed by atoms with Gasteiger partial charge in [0, 0.05) is 37.2 Å². The van der Waals surface area contributed by atoms with Gasteiger partial charge in [0.2, 0.25) is 5.89 Å². The van der Waals surface area contributed by atoms with E-state index in [9.17, 15) is 4.79 Å². The van der Waals surface area contributed by atoms with Crippen LogP contribution in [0.25, 0.3) is 0 Å². The third kappa shape index (κ3) is 3.75. The minimum absolute atomic E-state index is 0.0308. The van der Waals surface area contributed by atoms with Crippen molar-refractivity contribution >= 4 is 11.9 Å². The number of hydrogen-bond acceptors (Lipinski definition) is 6. The molecule has 2 aromatic rings. The molecule has 0 unspecified atom stereocenters. The van der Waals surface area contributed by atoms with Crippen LogP contribution in [0.2, 0.25) is 0 Å². The van der Waals surface area contributed by atoms with E-state index in [4.69, 9.17) is 9.15 Å². The van der Waals surface area contributed by atoms with Crippen LogP contribution in [0.1, 0.15) is 37.0 Å². The van der Waals surface area contributed by atoms with Crippen LogP contribution in [0.5, 0.6) is 5.75 Å². The molecule has 0 bridgehead atoms. The largest absolute Gasteiger partial charge is 0.497 e. The SMILES string of the molecule is COc1ccc(C(=O)N2CCN(c3nnc(C(C)(C)C)o3)CC2)cc1. The van der Waals surface area contributed by atoms with E-state index in [1.807, 2.05) is 30.6 Å². The summed E-state index contributed by atoms with van der Waals surface area (Å²) in [7, 11) is 1.61. The highest BCUT2D eigenvalue weighted by Gasteiger charge is 2.27. The van der Waals surface area contributed by atoms with Gasteiger partial charge in [-0.25, -0.2) is 0 Å². The number of methoxy groups -OCH3 is 1. The number of carbonyl (C=O) groups is 1. The zero-order valence-corrected chi connectivity index (χ0v) is 15.2. The van der Waals surface area contributed by atoms with Gasteiger partial charge < -0.3 is 19.0 Å². The molecule has 1 fully saturated rings. The summed E-state index contributed by atoms with van der Waals surface area (Å²) in [5, 5.41) is 8.28. The molecule has 0 aliphatic carbocycles. The Hall–Kier alpha value is -2.57. The van der Waals surface area contributed by atoms with Crippen molar-refractivity contribution in [3.05, 3.63) is 35.7 Å². The van der Waals surface area contributed by atoms with Gasteiger partial charge in [0.15, 0.2) is 0 Å². The van der Waals surface area contributed by atoms with E-state index in [2.05, 4.69) is 10.2 Å². The topological polar surface area (TPSA) is 71.7 Å². The number of aromatic nitrogens is 2. The van der Waals surface area contributed by atoms with Gasteiger partial charge in [0.05, 0.1) is 7.11 Å². The zero-order valence-electron chi connectivity index (χ0n) is 15.2. The maximum atomic E-state index is 12.6. The number of rotatable bonds is 3. The molecule has 134 valence electrons. The van der Waals surface area contributed by atoms with Crippen molar-refractivity contribution in [2.24, 2.45) is 0 Å². The Bertz CT molecular complexity index is 726. The van der Waals surface area contributed by atoms with Gasteiger partial charge in [-0.2, -0.15) is 0 Å². The van der Waals surface area contributed by atoms with E-state index < -0.39 is 0 Å². The molecule has 0 spiro atoms. The summed E-state index contributed by atoms with van der Waals surface area (Å²) in [6, 6.07) is 7.72. The van der Waals surface area contributed by atoms with E-state index in [0.29, 0.717) is 43.6 Å².